The third-order valence-corrected chi connectivity index (χ3v) is 19.2. The summed E-state index contributed by atoms with van der Waals surface area (Å²) in [6.45, 7) is 4.93. The van der Waals surface area contributed by atoms with Crippen molar-refractivity contribution in [3.8, 4) is 0 Å². The van der Waals surface area contributed by atoms with Crippen LogP contribution in [0, 0.1) is 5.92 Å². The SMILES string of the molecule is CC(C)[CH2][Ge]([CH3])([CH]1CCCC1)[CH]1CCCC1. The molecule has 0 bridgehead atoms. The molecule has 16 heavy (non-hydrogen) atoms. The van der Waals surface area contributed by atoms with Crippen molar-refractivity contribution in [3.05, 3.63) is 0 Å². The van der Waals surface area contributed by atoms with E-state index in [1.807, 2.05) is 0 Å². The van der Waals surface area contributed by atoms with Crippen LogP contribution in [-0.2, 0) is 0 Å². The summed E-state index contributed by atoms with van der Waals surface area (Å²) in [6.07, 6.45) is 12.7. The molecule has 2 saturated carbocycles. The van der Waals surface area contributed by atoms with Crippen molar-refractivity contribution in [1.29, 1.82) is 0 Å². The Labute approximate surface area is 105 Å². The Morgan fingerprint density at radius 2 is 1.25 bits per heavy atom. The van der Waals surface area contributed by atoms with Crippen molar-refractivity contribution >= 4 is 13.3 Å². The van der Waals surface area contributed by atoms with Crippen LogP contribution < -0.4 is 0 Å². The van der Waals surface area contributed by atoms with Gasteiger partial charge in [0.2, 0.25) is 0 Å². The molecule has 0 saturated heterocycles. The maximum atomic E-state index is 2.83. The first-order chi connectivity index (χ1) is 7.63. The van der Waals surface area contributed by atoms with Crippen LogP contribution in [0.25, 0.3) is 0 Å². The van der Waals surface area contributed by atoms with Crippen molar-refractivity contribution in [2.75, 3.05) is 0 Å². The summed E-state index contributed by atoms with van der Waals surface area (Å²) in [7, 11) is 0. The van der Waals surface area contributed by atoms with Gasteiger partial charge in [0, 0.05) is 0 Å². The van der Waals surface area contributed by atoms with Crippen molar-refractivity contribution in [2.45, 2.75) is 85.7 Å². The molecule has 0 aromatic rings. The van der Waals surface area contributed by atoms with Crippen LogP contribution in [-0.4, -0.2) is 13.3 Å². The van der Waals surface area contributed by atoms with Crippen molar-refractivity contribution in [1.82, 2.24) is 0 Å². The van der Waals surface area contributed by atoms with Gasteiger partial charge in [-0.1, -0.05) is 0 Å². The predicted molar refractivity (Wildman–Crippen MR) is 75.7 cm³/mol. The van der Waals surface area contributed by atoms with Crippen molar-refractivity contribution in [2.24, 2.45) is 5.92 Å². The van der Waals surface area contributed by atoms with Crippen molar-refractivity contribution in [3.63, 3.8) is 0 Å². The van der Waals surface area contributed by atoms with E-state index in [-0.39, 0.29) is 0 Å². The van der Waals surface area contributed by atoms with Crippen LogP contribution in [0.15, 0.2) is 0 Å². The zero-order valence-corrected chi connectivity index (χ0v) is 13.7. The molecule has 2 fully saturated rings. The standard InChI is InChI=1S/C15H30Ge/c1-13(2)12-16(3,14-8-4-5-9-14)15-10-6-7-11-15/h13-15H,4-12H2,1-3H3. The van der Waals surface area contributed by atoms with Crippen LogP contribution in [0.1, 0.15) is 65.2 Å². The Morgan fingerprint density at radius 1 is 0.875 bits per heavy atom. The van der Waals surface area contributed by atoms with E-state index in [9.17, 15) is 0 Å². The van der Waals surface area contributed by atoms with Gasteiger partial charge in [0.05, 0.1) is 0 Å². The third-order valence-electron chi connectivity index (χ3n) is 5.42. The molecule has 0 aromatic carbocycles. The van der Waals surface area contributed by atoms with E-state index in [1.54, 1.807) is 56.6 Å². The summed E-state index contributed by atoms with van der Waals surface area (Å²) in [5.74, 6) is 3.79. The molecule has 0 nitrogen and oxygen atoms in total. The third kappa shape index (κ3) is 2.68. The van der Waals surface area contributed by atoms with Crippen LogP contribution >= 0.6 is 0 Å². The van der Waals surface area contributed by atoms with E-state index in [0.717, 1.165) is 5.92 Å². The molecular weight excluding hydrogens is 253 g/mol. The molecule has 1 heteroatoms. The molecule has 0 radical (unpaired) electrons. The summed E-state index contributed by atoms with van der Waals surface area (Å²) in [5, 5.41) is 1.66. The fourth-order valence-electron chi connectivity index (χ4n) is 4.72. The Hall–Kier alpha value is 0.543. The molecular formula is C15H30Ge. The summed E-state index contributed by atoms with van der Waals surface area (Å²) >= 11 is -1.52. The van der Waals surface area contributed by atoms with Crippen LogP contribution in [0.2, 0.25) is 20.5 Å². The molecule has 0 amide bonds. The zero-order chi connectivity index (χ0) is 11.6. The van der Waals surface area contributed by atoms with Crippen LogP contribution in [0.4, 0.5) is 0 Å². The summed E-state index contributed by atoms with van der Waals surface area (Å²) in [6, 6.07) is 0. The Kier molecular flexibility index (Phi) is 4.43. The average molecular weight is 283 g/mol. The van der Waals surface area contributed by atoms with Gasteiger partial charge in [-0.05, 0) is 0 Å². The second-order valence-corrected chi connectivity index (χ2v) is 17.7. The zero-order valence-electron chi connectivity index (χ0n) is 11.6. The van der Waals surface area contributed by atoms with E-state index in [1.165, 1.54) is 9.50 Å². The molecule has 0 unspecified atom stereocenters. The van der Waals surface area contributed by atoms with Gasteiger partial charge in [-0.3, -0.25) is 0 Å². The molecule has 2 aliphatic rings. The van der Waals surface area contributed by atoms with Gasteiger partial charge in [0.15, 0.2) is 0 Å². The van der Waals surface area contributed by atoms with Gasteiger partial charge < -0.3 is 0 Å². The van der Waals surface area contributed by atoms with Gasteiger partial charge in [0.1, 0.15) is 0 Å². The molecule has 0 heterocycles. The predicted octanol–water partition coefficient (Wildman–Crippen LogP) is 5.61. The summed E-state index contributed by atoms with van der Waals surface area (Å²) in [5.41, 5.74) is 0. The van der Waals surface area contributed by atoms with Gasteiger partial charge in [0.25, 0.3) is 0 Å². The van der Waals surface area contributed by atoms with Crippen molar-refractivity contribution < 1.29 is 0 Å². The molecule has 0 spiro atoms. The van der Waals surface area contributed by atoms with Gasteiger partial charge >= 0.3 is 105 Å². The van der Waals surface area contributed by atoms with E-state index in [0.29, 0.717) is 0 Å². The Balaban J connectivity index is 2.09. The number of rotatable bonds is 4. The monoisotopic (exact) mass is 284 g/mol. The summed E-state index contributed by atoms with van der Waals surface area (Å²) in [4.78, 5) is 0. The molecule has 0 aliphatic heterocycles. The molecule has 2 aliphatic carbocycles. The first-order valence-corrected chi connectivity index (χ1v) is 13.6. The van der Waals surface area contributed by atoms with Gasteiger partial charge in [-0.2, -0.15) is 0 Å². The molecule has 0 aromatic heterocycles. The first-order valence-electron chi connectivity index (χ1n) is 7.63. The average Bonchev–Trinajstić information content (AvgIpc) is 2.91. The quantitative estimate of drug-likeness (QED) is 0.588. The molecule has 2 rings (SSSR count). The van der Waals surface area contributed by atoms with E-state index < -0.39 is 13.3 Å². The summed E-state index contributed by atoms with van der Waals surface area (Å²) < 4.78 is 2.48. The normalized spacial score (nSPS) is 24.8. The van der Waals surface area contributed by atoms with E-state index >= 15 is 0 Å². The fraction of sp³-hybridized carbons (Fsp3) is 1.00. The van der Waals surface area contributed by atoms with Crippen LogP contribution in [0.3, 0.4) is 0 Å². The molecule has 0 N–H and O–H groups in total. The fourth-order valence-corrected chi connectivity index (χ4v) is 18.5. The topological polar surface area (TPSA) is 0 Å². The molecule has 0 atom stereocenters. The molecule has 94 valence electrons. The van der Waals surface area contributed by atoms with E-state index in [2.05, 4.69) is 19.6 Å². The van der Waals surface area contributed by atoms with Crippen LogP contribution in [0.5, 0.6) is 0 Å². The minimum atomic E-state index is -1.52. The Bertz CT molecular complexity index is 193. The maximum absolute atomic E-state index is 2.83. The second-order valence-electron chi connectivity index (χ2n) is 7.07. The second kappa shape index (κ2) is 5.46. The first kappa shape index (κ1) is 13.0. The van der Waals surface area contributed by atoms with Gasteiger partial charge in [-0.25, -0.2) is 0 Å². The number of hydrogen-bond acceptors (Lipinski definition) is 0. The van der Waals surface area contributed by atoms with Gasteiger partial charge in [-0.15, -0.1) is 0 Å². The Morgan fingerprint density at radius 3 is 1.56 bits per heavy atom. The van der Waals surface area contributed by atoms with E-state index in [4.69, 9.17) is 0 Å². The number of hydrogen-bond donors (Lipinski definition) is 0. The minimum absolute atomic E-state index is 0.964.